The van der Waals surface area contributed by atoms with Crippen molar-refractivity contribution < 1.29 is 29.7 Å². The number of nitrogens with zero attached hydrogens (tertiary/aromatic N) is 3. The molecule has 0 aromatic carbocycles. The Hall–Kier alpha value is -1.71. The van der Waals surface area contributed by atoms with E-state index in [2.05, 4.69) is 11.8 Å². The van der Waals surface area contributed by atoms with Crippen LogP contribution in [0.3, 0.4) is 0 Å². The van der Waals surface area contributed by atoms with Crippen LogP contribution >= 0.6 is 0 Å². The van der Waals surface area contributed by atoms with Gasteiger partial charge < -0.3 is 20.2 Å². The maximum absolute atomic E-state index is 11.3. The van der Waals surface area contributed by atoms with Crippen LogP contribution in [-0.4, -0.2) is 107 Å². The van der Waals surface area contributed by atoms with E-state index in [1.54, 1.807) is 4.90 Å². The second kappa shape index (κ2) is 19.7. The maximum Gasteiger partial charge on any atom is 0.317 e. The SMILES string of the molecule is CCCCCCCCCCCCC(CN(CCN(CC(=O)O)CC(=O)O)CC(=O)O)N(C)C. The lowest BCUT2D eigenvalue weighted by Crippen LogP contribution is -2.46. The molecule has 194 valence electrons. The average Bonchev–Trinajstić information content (AvgIpc) is 2.70. The van der Waals surface area contributed by atoms with E-state index in [0.29, 0.717) is 13.1 Å². The van der Waals surface area contributed by atoms with Crippen LogP contribution in [0.25, 0.3) is 0 Å². The summed E-state index contributed by atoms with van der Waals surface area (Å²) < 4.78 is 0. The molecule has 1 atom stereocenters. The van der Waals surface area contributed by atoms with Crippen LogP contribution in [-0.2, 0) is 14.4 Å². The van der Waals surface area contributed by atoms with Gasteiger partial charge in [-0.1, -0.05) is 71.1 Å². The van der Waals surface area contributed by atoms with Crippen LogP contribution in [0.1, 0.15) is 77.6 Å². The van der Waals surface area contributed by atoms with Gasteiger partial charge in [-0.05, 0) is 20.5 Å². The van der Waals surface area contributed by atoms with Crippen molar-refractivity contribution in [3.05, 3.63) is 0 Å². The highest BCUT2D eigenvalue weighted by molar-refractivity contribution is 5.72. The molecule has 0 bridgehead atoms. The Bertz CT molecular complexity index is 528. The van der Waals surface area contributed by atoms with Crippen molar-refractivity contribution in [1.82, 2.24) is 14.7 Å². The first kappa shape index (κ1) is 31.3. The molecule has 0 rings (SSSR count). The van der Waals surface area contributed by atoms with Gasteiger partial charge in [-0.2, -0.15) is 0 Å². The third kappa shape index (κ3) is 19.5. The van der Waals surface area contributed by atoms with Gasteiger partial charge in [-0.15, -0.1) is 0 Å². The van der Waals surface area contributed by atoms with Gasteiger partial charge in [0.15, 0.2) is 0 Å². The minimum absolute atomic E-state index is 0.156. The molecular formula is C24H47N3O6. The normalized spacial score (nSPS) is 12.5. The van der Waals surface area contributed by atoms with Crippen molar-refractivity contribution in [2.75, 3.05) is 53.4 Å². The molecule has 33 heavy (non-hydrogen) atoms. The van der Waals surface area contributed by atoms with Crippen LogP contribution < -0.4 is 0 Å². The number of carboxylic acid groups (broad SMARTS) is 3. The van der Waals surface area contributed by atoms with Gasteiger partial charge in [0, 0.05) is 25.7 Å². The van der Waals surface area contributed by atoms with Gasteiger partial charge in [-0.3, -0.25) is 24.2 Å². The van der Waals surface area contributed by atoms with Crippen molar-refractivity contribution in [2.45, 2.75) is 83.6 Å². The van der Waals surface area contributed by atoms with Crippen molar-refractivity contribution in [1.29, 1.82) is 0 Å². The van der Waals surface area contributed by atoms with E-state index in [-0.39, 0.29) is 32.2 Å². The molecule has 0 saturated carbocycles. The maximum atomic E-state index is 11.3. The second-order valence-corrected chi connectivity index (χ2v) is 9.22. The van der Waals surface area contributed by atoms with Crippen molar-refractivity contribution in [3.8, 4) is 0 Å². The summed E-state index contributed by atoms with van der Waals surface area (Å²) >= 11 is 0. The fraction of sp³-hybridized carbons (Fsp3) is 0.875. The van der Waals surface area contributed by atoms with Crippen molar-refractivity contribution >= 4 is 17.9 Å². The number of hydrogen-bond donors (Lipinski definition) is 3. The monoisotopic (exact) mass is 473 g/mol. The minimum Gasteiger partial charge on any atom is -0.480 e. The number of carboxylic acids is 3. The van der Waals surface area contributed by atoms with Crippen LogP contribution in [0, 0.1) is 0 Å². The fourth-order valence-electron chi connectivity index (χ4n) is 3.98. The molecule has 0 heterocycles. The standard InChI is InChI=1S/C24H47N3O6/c1-4-5-6-7-8-9-10-11-12-13-14-21(25(2)3)17-26(18-22(28)29)15-16-27(19-23(30)31)20-24(32)33/h21H,4-20H2,1-3H3,(H,28,29)(H,30,31)(H,32,33). The van der Waals surface area contributed by atoms with Crippen LogP contribution in [0.2, 0.25) is 0 Å². The Morgan fingerprint density at radius 2 is 1.03 bits per heavy atom. The Balaban J connectivity index is 4.50. The average molecular weight is 474 g/mol. The summed E-state index contributed by atoms with van der Waals surface area (Å²) in [4.78, 5) is 38.6. The number of aliphatic carboxylic acids is 3. The molecule has 0 aromatic rings. The summed E-state index contributed by atoms with van der Waals surface area (Å²) in [7, 11) is 3.97. The molecule has 3 N–H and O–H groups in total. The molecule has 0 aliphatic heterocycles. The topological polar surface area (TPSA) is 122 Å². The van der Waals surface area contributed by atoms with E-state index >= 15 is 0 Å². The first-order valence-corrected chi connectivity index (χ1v) is 12.4. The van der Waals surface area contributed by atoms with Gasteiger partial charge in [0.2, 0.25) is 0 Å². The van der Waals surface area contributed by atoms with Crippen molar-refractivity contribution in [3.63, 3.8) is 0 Å². The van der Waals surface area contributed by atoms with E-state index in [9.17, 15) is 19.5 Å². The van der Waals surface area contributed by atoms with Gasteiger partial charge >= 0.3 is 17.9 Å². The summed E-state index contributed by atoms with van der Waals surface area (Å²) in [5.41, 5.74) is 0. The Morgan fingerprint density at radius 3 is 1.45 bits per heavy atom. The zero-order chi connectivity index (χ0) is 25.1. The van der Waals surface area contributed by atoms with Crippen LogP contribution in [0.15, 0.2) is 0 Å². The van der Waals surface area contributed by atoms with Gasteiger partial charge in [0.25, 0.3) is 0 Å². The molecule has 0 spiro atoms. The first-order chi connectivity index (χ1) is 15.6. The van der Waals surface area contributed by atoms with Gasteiger partial charge in [0.05, 0.1) is 19.6 Å². The lowest BCUT2D eigenvalue weighted by Gasteiger charge is -2.32. The quantitative estimate of drug-likeness (QED) is 0.192. The number of likely N-dealkylation sites (N-methyl/N-ethyl adjacent to an activating group) is 1. The molecule has 0 amide bonds. The highest BCUT2D eigenvalue weighted by Gasteiger charge is 2.20. The number of hydrogen-bond acceptors (Lipinski definition) is 6. The zero-order valence-electron chi connectivity index (χ0n) is 21.0. The third-order valence-corrected chi connectivity index (χ3v) is 5.90. The summed E-state index contributed by atoms with van der Waals surface area (Å²) in [5.74, 6) is -3.16. The highest BCUT2D eigenvalue weighted by atomic mass is 16.4. The molecule has 0 radical (unpaired) electrons. The van der Waals surface area contributed by atoms with Crippen LogP contribution in [0.5, 0.6) is 0 Å². The summed E-state index contributed by atoms with van der Waals surface area (Å²) in [6.07, 6.45) is 13.6. The van der Waals surface area contributed by atoms with E-state index in [4.69, 9.17) is 10.2 Å². The predicted octanol–water partition coefficient (Wildman–Crippen LogP) is 3.09. The van der Waals surface area contributed by atoms with Gasteiger partial charge in [0.1, 0.15) is 0 Å². The summed E-state index contributed by atoms with van der Waals surface area (Å²) in [5, 5.41) is 27.3. The second-order valence-electron chi connectivity index (χ2n) is 9.22. The molecule has 9 heteroatoms. The lowest BCUT2D eigenvalue weighted by atomic mass is 10.0. The Morgan fingerprint density at radius 1 is 0.636 bits per heavy atom. The smallest absolute Gasteiger partial charge is 0.317 e. The molecule has 0 saturated heterocycles. The van der Waals surface area contributed by atoms with Crippen LogP contribution in [0.4, 0.5) is 0 Å². The van der Waals surface area contributed by atoms with E-state index in [0.717, 1.165) is 12.8 Å². The molecule has 0 aliphatic rings. The number of rotatable bonds is 23. The molecule has 1 unspecified atom stereocenters. The molecule has 9 nitrogen and oxygen atoms in total. The highest BCUT2D eigenvalue weighted by Crippen LogP contribution is 2.14. The molecule has 0 aromatic heterocycles. The fourth-order valence-corrected chi connectivity index (χ4v) is 3.98. The largest absolute Gasteiger partial charge is 0.480 e. The minimum atomic E-state index is -1.10. The Kier molecular flexibility index (Phi) is 18.7. The third-order valence-electron chi connectivity index (χ3n) is 5.90. The predicted molar refractivity (Wildman–Crippen MR) is 130 cm³/mol. The molecule has 0 aliphatic carbocycles. The number of unbranched alkanes of at least 4 members (excludes halogenated alkanes) is 9. The molecular weight excluding hydrogens is 426 g/mol. The summed E-state index contributed by atoms with van der Waals surface area (Å²) in [6.45, 7) is 2.34. The zero-order valence-corrected chi connectivity index (χ0v) is 21.0. The van der Waals surface area contributed by atoms with Crippen molar-refractivity contribution in [2.24, 2.45) is 0 Å². The lowest BCUT2D eigenvalue weighted by molar-refractivity contribution is -0.143. The van der Waals surface area contributed by atoms with E-state index < -0.39 is 17.9 Å². The van der Waals surface area contributed by atoms with E-state index in [1.807, 2.05) is 14.1 Å². The first-order valence-electron chi connectivity index (χ1n) is 12.4. The summed E-state index contributed by atoms with van der Waals surface area (Å²) in [6, 6.07) is 0.186. The van der Waals surface area contributed by atoms with Gasteiger partial charge in [-0.25, -0.2) is 0 Å². The Labute approximate surface area is 199 Å². The van der Waals surface area contributed by atoms with E-state index in [1.165, 1.54) is 62.7 Å². The molecule has 0 fully saturated rings. The number of carbonyl (C=O) groups is 3.